The Bertz CT molecular complexity index is 1240. The molecule has 0 aliphatic heterocycles. The molecule has 32 heavy (non-hydrogen) atoms. The second-order valence-electron chi connectivity index (χ2n) is 7.53. The van der Waals surface area contributed by atoms with Crippen molar-refractivity contribution in [3.05, 3.63) is 89.2 Å². The van der Waals surface area contributed by atoms with Gasteiger partial charge in [0.15, 0.2) is 0 Å². The predicted octanol–water partition coefficient (Wildman–Crippen LogP) is 4.35. The number of furan rings is 1. The van der Waals surface area contributed by atoms with Gasteiger partial charge < -0.3 is 24.7 Å². The first-order valence-corrected chi connectivity index (χ1v) is 10.3. The number of hydrogen-bond donors (Lipinski definition) is 2. The van der Waals surface area contributed by atoms with Crippen LogP contribution in [-0.4, -0.2) is 18.2 Å². The molecule has 1 aromatic heterocycles. The molecule has 0 saturated carbocycles. The van der Waals surface area contributed by atoms with Crippen LogP contribution in [0.5, 0.6) is 5.75 Å². The van der Waals surface area contributed by atoms with Crippen LogP contribution in [0.4, 0.5) is 0 Å². The highest BCUT2D eigenvalue weighted by atomic mass is 16.5. The molecule has 0 fully saturated rings. The number of rotatable bonds is 8. The second kappa shape index (κ2) is 9.68. The van der Waals surface area contributed by atoms with Crippen molar-refractivity contribution in [2.75, 3.05) is 7.11 Å². The van der Waals surface area contributed by atoms with E-state index < -0.39 is 0 Å². The Hall–Kier alpha value is -3.61. The van der Waals surface area contributed by atoms with Crippen LogP contribution in [0, 0.1) is 0 Å². The maximum atomic E-state index is 11.8. The number of methoxy groups -OCH3 is 1. The van der Waals surface area contributed by atoms with Crippen LogP contribution in [0.2, 0.25) is 0 Å². The molecule has 0 spiro atoms. The number of aliphatic hydroxyl groups excluding tert-OH is 1. The van der Waals surface area contributed by atoms with Crippen molar-refractivity contribution in [3.8, 4) is 16.9 Å². The number of hydrogen-bond acceptors (Lipinski definition) is 6. The molecule has 3 N–H and O–H groups in total. The van der Waals surface area contributed by atoms with Gasteiger partial charge in [-0.15, -0.1) is 0 Å². The number of carbonyl (C=O) groups is 1. The van der Waals surface area contributed by atoms with Gasteiger partial charge in [0.05, 0.1) is 26.4 Å². The number of aliphatic hydroxyl groups is 1. The molecule has 4 rings (SSSR count). The molecule has 6 heteroatoms. The van der Waals surface area contributed by atoms with Gasteiger partial charge in [-0.25, -0.2) is 0 Å². The van der Waals surface area contributed by atoms with Gasteiger partial charge in [-0.05, 0) is 58.7 Å². The summed E-state index contributed by atoms with van der Waals surface area (Å²) in [6, 6.07) is 19.4. The molecule has 164 valence electrons. The fourth-order valence-corrected chi connectivity index (χ4v) is 3.71. The Morgan fingerprint density at radius 2 is 1.91 bits per heavy atom. The SMILES string of the molecule is COC(=O)Cc1cc(CO)ccc1OCc1cc(-c2cccc(CN)c2)c2occc2c1. The van der Waals surface area contributed by atoms with Gasteiger partial charge in [0.2, 0.25) is 0 Å². The van der Waals surface area contributed by atoms with Crippen molar-refractivity contribution in [1.82, 2.24) is 0 Å². The highest BCUT2D eigenvalue weighted by molar-refractivity contribution is 5.93. The van der Waals surface area contributed by atoms with Crippen LogP contribution in [0.3, 0.4) is 0 Å². The average Bonchev–Trinajstić information content (AvgIpc) is 3.31. The number of carbonyl (C=O) groups excluding carboxylic acids is 1. The summed E-state index contributed by atoms with van der Waals surface area (Å²) >= 11 is 0. The van der Waals surface area contributed by atoms with Gasteiger partial charge in [-0.3, -0.25) is 4.79 Å². The lowest BCUT2D eigenvalue weighted by Crippen LogP contribution is -2.07. The van der Waals surface area contributed by atoms with E-state index in [9.17, 15) is 9.90 Å². The van der Waals surface area contributed by atoms with Crippen LogP contribution < -0.4 is 10.5 Å². The summed E-state index contributed by atoms with van der Waals surface area (Å²) in [6.07, 6.45) is 1.74. The lowest BCUT2D eigenvalue weighted by Gasteiger charge is -2.14. The molecule has 6 nitrogen and oxygen atoms in total. The molecule has 0 atom stereocenters. The Labute approximate surface area is 186 Å². The highest BCUT2D eigenvalue weighted by Gasteiger charge is 2.13. The van der Waals surface area contributed by atoms with Crippen LogP contribution in [0.15, 0.2) is 71.3 Å². The Kier molecular flexibility index (Phi) is 6.54. The fraction of sp³-hybridized carbons (Fsp3) is 0.192. The first-order chi connectivity index (χ1) is 15.6. The van der Waals surface area contributed by atoms with Crippen LogP contribution in [0.25, 0.3) is 22.1 Å². The van der Waals surface area contributed by atoms with E-state index in [0.717, 1.165) is 33.2 Å². The molecule has 0 radical (unpaired) electrons. The minimum Gasteiger partial charge on any atom is -0.489 e. The zero-order valence-electron chi connectivity index (χ0n) is 17.8. The molecule has 3 aromatic carbocycles. The number of fused-ring (bicyclic) bond motifs is 1. The van der Waals surface area contributed by atoms with E-state index in [1.54, 1.807) is 24.5 Å². The first-order valence-electron chi connectivity index (χ1n) is 10.3. The van der Waals surface area contributed by atoms with Crippen LogP contribution in [-0.2, 0) is 35.7 Å². The minimum absolute atomic E-state index is 0.0670. The third-order valence-electron chi connectivity index (χ3n) is 5.35. The lowest BCUT2D eigenvalue weighted by molar-refractivity contribution is -0.139. The van der Waals surface area contributed by atoms with E-state index in [-0.39, 0.29) is 19.0 Å². The number of nitrogens with two attached hydrogens (primary N) is 1. The standard InChI is InChI=1S/C26H25NO5/c1-30-25(29)13-22-10-18(15-28)5-6-24(22)32-16-19-11-21-7-8-31-26(21)23(12-19)20-4-2-3-17(9-20)14-27/h2-12,28H,13-16,27H2,1H3. The summed E-state index contributed by atoms with van der Waals surface area (Å²) in [5.41, 5.74) is 12.0. The molecule has 0 bridgehead atoms. The van der Waals surface area contributed by atoms with Crippen molar-refractivity contribution >= 4 is 16.9 Å². The monoisotopic (exact) mass is 431 g/mol. The molecule has 4 aromatic rings. The summed E-state index contributed by atoms with van der Waals surface area (Å²) in [6.45, 7) is 0.652. The molecular formula is C26H25NO5. The predicted molar refractivity (Wildman–Crippen MR) is 122 cm³/mol. The number of ether oxygens (including phenoxy) is 2. The highest BCUT2D eigenvalue weighted by Crippen LogP contribution is 2.32. The molecular weight excluding hydrogens is 406 g/mol. The van der Waals surface area contributed by atoms with Gasteiger partial charge >= 0.3 is 5.97 Å². The van der Waals surface area contributed by atoms with E-state index in [1.807, 2.05) is 36.4 Å². The van der Waals surface area contributed by atoms with Crippen molar-refractivity contribution in [2.45, 2.75) is 26.2 Å². The Balaban J connectivity index is 1.65. The molecule has 1 heterocycles. The topological polar surface area (TPSA) is 94.9 Å². The van der Waals surface area contributed by atoms with Crippen molar-refractivity contribution in [2.24, 2.45) is 5.73 Å². The van der Waals surface area contributed by atoms with Crippen molar-refractivity contribution < 1.29 is 23.8 Å². The summed E-state index contributed by atoms with van der Waals surface area (Å²) < 4.78 is 16.6. The first kappa shape index (κ1) is 21.6. The summed E-state index contributed by atoms with van der Waals surface area (Å²) in [5.74, 6) is 0.207. The normalized spacial score (nSPS) is 11.0. The summed E-state index contributed by atoms with van der Waals surface area (Å²) in [7, 11) is 1.35. The maximum Gasteiger partial charge on any atom is 0.310 e. The Morgan fingerprint density at radius 3 is 2.69 bits per heavy atom. The van der Waals surface area contributed by atoms with E-state index in [4.69, 9.17) is 19.6 Å². The summed E-state index contributed by atoms with van der Waals surface area (Å²) in [4.78, 5) is 11.8. The number of benzene rings is 3. The third-order valence-corrected chi connectivity index (χ3v) is 5.35. The molecule has 0 aliphatic rings. The number of esters is 1. The van der Waals surface area contributed by atoms with Crippen LogP contribution >= 0.6 is 0 Å². The smallest absolute Gasteiger partial charge is 0.310 e. The quantitative estimate of drug-likeness (QED) is 0.403. The zero-order chi connectivity index (χ0) is 22.5. The third kappa shape index (κ3) is 4.66. The van der Waals surface area contributed by atoms with E-state index in [1.165, 1.54) is 7.11 Å². The van der Waals surface area contributed by atoms with E-state index in [0.29, 0.717) is 30.0 Å². The Morgan fingerprint density at radius 1 is 1.03 bits per heavy atom. The maximum absolute atomic E-state index is 11.8. The van der Waals surface area contributed by atoms with E-state index in [2.05, 4.69) is 6.07 Å². The van der Waals surface area contributed by atoms with Gasteiger partial charge in [-0.1, -0.05) is 24.3 Å². The largest absolute Gasteiger partial charge is 0.489 e. The zero-order valence-corrected chi connectivity index (χ0v) is 17.8. The van der Waals surface area contributed by atoms with Gasteiger partial charge in [-0.2, -0.15) is 0 Å². The van der Waals surface area contributed by atoms with Gasteiger partial charge in [0.1, 0.15) is 17.9 Å². The molecule has 0 saturated heterocycles. The summed E-state index contributed by atoms with van der Waals surface area (Å²) in [5, 5.41) is 10.4. The van der Waals surface area contributed by atoms with Crippen molar-refractivity contribution in [1.29, 1.82) is 0 Å². The minimum atomic E-state index is -0.369. The molecule has 0 amide bonds. The van der Waals surface area contributed by atoms with Gasteiger partial charge in [0, 0.05) is 23.1 Å². The van der Waals surface area contributed by atoms with Crippen LogP contribution in [0.1, 0.15) is 22.3 Å². The molecule has 0 aliphatic carbocycles. The fourth-order valence-electron chi connectivity index (χ4n) is 3.71. The van der Waals surface area contributed by atoms with E-state index >= 15 is 0 Å². The average molecular weight is 431 g/mol. The molecule has 0 unspecified atom stereocenters. The van der Waals surface area contributed by atoms with Crippen molar-refractivity contribution in [3.63, 3.8) is 0 Å². The lowest BCUT2D eigenvalue weighted by atomic mass is 9.99. The second-order valence-corrected chi connectivity index (χ2v) is 7.53. The van der Waals surface area contributed by atoms with Gasteiger partial charge in [0.25, 0.3) is 0 Å².